The molecule has 2 heterocycles. The number of benzene rings is 1. The highest BCUT2D eigenvalue weighted by Crippen LogP contribution is 2.41. The van der Waals surface area contributed by atoms with Crippen molar-refractivity contribution in [2.45, 2.75) is 19.0 Å². The fraction of sp³-hybridized carbons (Fsp3) is 0.571. The molecule has 0 bridgehead atoms. The number of nitrogens with zero attached hydrogens (tertiary/aromatic N) is 1. The molecule has 0 amide bonds. The Bertz CT molecular complexity index is 526. The number of alkyl halides is 3. The van der Waals surface area contributed by atoms with E-state index in [0.717, 1.165) is 5.69 Å². The van der Waals surface area contributed by atoms with E-state index in [2.05, 4.69) is 0 Å². The van der Waals surface area contributed by atoms with Gasteiger partial charge in [-0.1, -0.05) is 0 Å². The van der Waals surface area contributed by atoms with E-state index in [9.17, 15) is 13.2 Å². The van der Waals surface area contributed by atoms with Gasteiger partial charge in [-0.2, -0.15) is 13.2 Å². The highest BCUT2D eigenvalue weighted by molar-refractivity contribution is 5.73. The zero-order valence-corrected chi connectivity index (χ0v) is 11.4. The van der Waals surface area contributed by atoms with E-state index in [0.29, 0.717) is 43.5 Å². The maximum atomic E-state index is 12.7. The number of anilines is 2. The molecule has 116 valence electrons. The fourth-order valence-corrected chi connectivity index (χ4v) is 2.82. The Morgan fingerprint density at radius 2 is 1.62 bits per heavy atom. The second-order valence-corrected chi connectivity index (χ2v) is 5.36. The SMILES string of the molecule is Nc1cc2c(cc1N1CCC(C(F)(F)F)CC1)OCCO2. The lowest BCUT2D eigenvalue weighted by molar-refractivity contribution is -0.179. The van der Waals surface area contributed by atoms with Gasteiger partial charge in [0.05, 0.1) is 17.3 Å². The van der Waals surface area contributed by atoms with E-state index in [1.54, 1.807) is 12.1 Å². The van der Waals surface area contributed by atoms with Gasteiger partial charge in [0.25, 0.3) is 0 Å². The number of hydrogen-bond donors (Lipinski definition) is 1. The van der Waals surface area contributed by atoms with Crippen molar-refractivity contribution in [3.8, 4) is 11.5 Å². The second kappa shape index (κ2) is 5.20. The maximum absolute atomic E-state index is 12.7. The van der Waals surface area contributed by atoms with Crippen LogP contribution in [0, 0.1) is 5.92 Å². The van der Waals surface area contributed by atoms with Gasteiger partial charge >= 0.3 is 6.18 Å². The number of nitrogens with two attached hydrogens (primary N) is 1. The number of hydrogen-bond acceptors (Lipinski definition) is 4. The van der Waals surface area contributed by atoms with E-state index in [4.69, 9.17) is 15.2 Å². The van der Waals surface area contributed by atoms with Gasteiger partial charge in [0.2, 0.25) is 0 Å². The van der Waals surface area contributed by atoms with Crippen molar-refractivity contribution in [1.82, 2.24) is 0 Å². The minimum atomic E-state index is -4.11. The van der Waals surface area contributed by atoms with Crippen molar-refractivity contribution in [3.63, 3.8) is 0 Å². The fourth-order valence-electron chi connectivity index (χ4n) is 2.82. The summed E-state index contributed by atoms with van der Waals surface area (Å²) < 4.78 is 49.0. The van der Waals surface area contributed by atoms with E-state index >= 15 is 0 Å². The van der Waals surface area contributed by atoms with Crippen molar-refractivity contribution < 1.29 is 22.6 Å². The molecule has 0 unspecified atom stereocenters. The largest absolute Gasteiger partial charge is 0.486 e. The summed E-state index contributed by atoms with van der Waals surface area (Å²) in [5.74, 6) is -0.0248. The van der Waals surface area contributed by atoms with Crippen molar-refractivity contribution >= 4 is 11.4 Å². The smallest absolute Gasteiger partial charge is 0.391 e. The van der Waals surface area contributed by atoms with Gasteiger partial charge in [0, 0.05) is 25.2 Å². The van der Waals surface area contributed by atoms with Crippen LogP contribution in [0.4, 0.5) is 24.5 Å². The summed E-state index contributed by atoms with van der Waals surface area (Å²) in [7, 11) is 0. The summed E-state index contributed by atoms with van der Waals surface area (Å²) in [6.07, 6.45) is -3.92. The van der Waals surface area contributed by atoms with Crippen molar-refractivity contribution in [2.75, 3.05) is 36.9 Å². The average molecular weight is 302 g/mol. The first kappa shape index (κ1) is 14.2. The van der Waals surface area contributed by atoms with E-state index in [-0.39, 0.29) is 12.8 Å². The summed E-state index contributed by atoms with van der Waals surface area (Å²) in [6.45, 7) is 1.62. The Kier molecular flexibility index (Phi) is 3.51. The number of rotatable bonds is 1. The van der Waals surface area contributed by atoms with Gasteiger partial charge in [-0.05, 0) is 12.8 Å². The molecule has 1 aromatic rings. The van der Waals surface area contributed by atoms with Gasteiger partial charge in [-0.25, -0.2) is 0 Å². The topological polar surface area (TPSA) is 47.7 Å². The summed E-state index contributed by atoms with van der Waals surface area (Å²) in [5, 5.41) is 0. The molecule has 1 fully saturated rings. The molecule has 0 saturated carbocycles. The normalized spacial score (nSPS) is 19.7. The molecule has 1 aromatic carbocycles. The standard InChI is InChI=1S/C14H17F3N2O2/c15-14(16,17)9-1-3-19(4-2-9)11-8-13-12(7-10(11)18)20-5-6-21-13/h7-9H,1-6,18H2. The van der Waals surface area contributed by atoms with Crippen molar-refractivity contribution in [1.29, 1.82) is 0 Å². The summed E-state index contributed by atoms with van der Waals surface area (Å²) in [4.78, 5) is 1.88. The van der Waals surface area contributed by atoms with E-state index in [1.807, 2.05) is 4.90 Å². The second-order valence-electron chi connectivity index (χ2n) is 5.36. The molecule has 0 aromatic heterocycles. The van der Waals surface area contributed by atoms with Crippen LogP contribution in [-0.4, -0.2) is 32.5 Å². The van der Waals surface area contributed by atoms with Crippen molar-refractivity contribution in [2.24, 2.45) is 5.92 Å². The summed E-state index contributed by atoms with van der Waals surface area (Å²) in [6, 6.07) is 3.44. The van der Waals surface area contributed by atoms with Gasteiger partial charge < -0.3 is 20.1 Å². The Morgan fingerprint density at radius 3 is 2.19 bits per heavy atom. The zero-order valence-electron chi connectivity index (χ0n) is 11.4. The molecule has 2 aliphatic heterocycles. The van der Waals surface area contributed by atoms with Gasteiger partial charge in [-0.3, -0.25) is 0 Å². The molecule has 0 spiro atoms. The number of piperidine rings is 1. The molecule has 2 N–H and O–H groups in total. The Hall–Kier alpha value is -1.79. The minimum absolute atomic E-state index is 0.0946. The third kappa shape index (κ3) is 2.82. The molecule has 21 heavy (non-hydrogen) atoms. The summed E-state index contributed by atoms with van der Waals surface area (Å²) in [5.41, 5.74) is 7.22. The lowest BCUT2D eigenvalue weighted by atomic mass is 9.95. The number of ether oxygens (including phenoxy) is 2. The van der Waals surface area contributed by atoms with Crippen LogP contribution in [0.5, 0.6) is 11.5 Å². The first-order valence-corrected chi connectivity index (χ1v) is 6.96. The molecular formula is C14H17F3N2O2. The Balaban J connectivity index is 1.76. The highest BCUT2D eigenvalue weighted by Gasteiger charge is 2.41. The van der Waals surface area contributed by atoms with Gasteiger partial charge in [-0.15, -0.1) is 0 Å². The predicted octanol–water partition coefficient (Wildman–Crippen LogP) is 2.82. The number of fused-ring (bicyclic) bond motifs is 1. The molecular weight excluding hydrogens is 285 g/mol. The van der Waals surface area contributed by atoms with Gasteiger partial charge in [0.1, 0.15) is 13.2 Å². The molecule has 2 aliphatic rings. The molecule has 3 rings (SSSR count). The third-order valence-corrected chi connectivity index (χ3v) is 3.99. The van der Waals surface area contributed by atoms with Crippen LogP contribution in [-0.2, 0) is 0 Å². The minimum Gasteiger partial charge on any atom is -0.486 e. The lowest BCUT2D eigenvalue weighted by Gasteiger charge is -2.35. The summed E-state index contributed by atoms with van der Waals surface area (Å²) >= 11 is 0. The zero-order chi connectivity index (χ0) is 15.0. The molecule has 1 saturated heterocycles. The first-order valence-electron chi connectivity index (χ1n) is 6.96. The van der Waals surface area contributed by atoms with Crippen LogP contribution < -0.4 is 20.1 Å². The highest BCUT2D eigenvalue weighted by atomic mass is 19.4. The predicted molar refractivity (Wildman–Crippen MR) is 72.8 cm³/mol. The van der Waals surface area contributed by atoms with Crippen LogP contribution in [0.15, 0.2) is 12.1 Å². The number of halogens is 3. The first-order chi connectivity index (χ1) is 9.95. The average Bonchev–Trinajstić information content (AvgIpc) is 2.46. The maximum Gasteiger partial charge on any atom is 0.391 e. The van der Waals surface area contributed by atoms with Crippen molar-refractivity contribution in [3.05, 3.63) is 12.1 Å². The monoisotopic (exact) mass is 302 g/mol. The van der Waals surface area contributed by atoms with E-state index < -0.39 is 12.1 Å². The van der Waals surface area contributed by atoms with Crippen LogP contribution in [0.3, 0.4) is 0 Å². The Labute approximate surface area is 120 Å². The molecule has 7 heteroatoms. The van der Waals surface area contributed by atoms with Crippen LogP contribution in [0.2, 0.25) is 0 Å². The number of nitrogen functional groups attached to an aromatic ring is 1. The van der Waals surface area contributed by atoms with Crippen LogP contribution in [0.1, 0.15) is 12.8 Å². The third-order valence-electron chi connectivity index (χ3n) is 3.99. The molecule has 0 radical (unpaired) electrons. The molecule has 0 atom stereocenters. The van der Waals surface area contributed by atoms with Gasteiger partial charge in [0.15, 0.2) is 11.5 Å². The Morgan fingerprint density at radius 1 is 1.05 bits per heavy atom. The van der Waals surface area contributed by atoms with E-state index in [1.165, 1.54) is 0 Å². The quantitative estimate of drug-likeness (QED) is 0.810. The molecule has 4 nitrogen and oxygen atoms in total. The van der Waals surface area contributed by atoms with Crippen LogP contribution in [0.25, 0.3) is 0 Å². The lowest BCUT2D eigenvalue weighted by Crippen LogP contribution is -2.39. The molecule has 0 aliphatic carbocycles. The van der Waals surface area contributed by atoms with Crippen LogP contribution >= 0.6 is 0 Å².